The minimum Gasteiger partial charge on any atom is -0.392 e. The molecule has 0 bridgehead atoms. The van der Waals surface area contributed by atoms with Crippen molar-refractivity contribution in [3.05, 3.63) is 58.6 Å². The summed E-state index contributed by atoms with van der Waals surface area (Å²) >= 11 is 5.22. The summed E-state index contributed by atoms with van der Waals surface area (Å²) in [6, 6.07) is 16.1. The van der Waals surface area contributed by atoms with Crippen molar-refractivity contribution in [2.45, 2.75) is 16.4 Å². The van der Waals surface area contributed by atoms with Gasteiger partial charge < -0.3 is 5.11 Å². The zero-order chi connectivity index (χ0) is 11.4. The third-order valence-electron chi connectivity index (χ3n) is 2.15. The molecule has 0 atom stereocenters. The van der Waals surface area contributed by atoms with E-state index in [1.165, 1.54) is 4.90 Å². The van der Waals surface area contributed by atoms with Gasteiger partial charge in [-0.2, -0.15) is 0 Å². The minimum absolute atomic E-state index is 0.0783. The van der Waals surface area contributed by atoms with Crippen LogP contribution < -0.4 is 0 Å². The molecule has 2 rings (SSSR count). The molecule has 0 unspecified atom stereocenters. The molecule has 1 nitrogen and oxygen atoms in total. The second kappa shape index (κ2) is 5.53. The first-order valence-corrected chi connectivity index (χ1v) is 6.53. The Morgan fingerprint density at radius 1 is 1.06 bits per heavy atom. The molecule has 0 fully saturated rings. The summed E-state index contributed by atoms with van der Waals surface area (Å²) in [4.78, 5) is 2.36. The highest BCUT2D eigenvalue weighted by Crippen LogP contribution is 2.33. The standard InChI is InChI=1S/C13H11BrOS/c14-12-8-10(9-15)6-7-13(12)16-11-4-2-1-3-5-11/h1-8,15H,9H2. The summed E-state index contributed by atoms with van der Waals surface area (Å²) in [7, 11) is 0. The summed E-state index contributed by atoms with van der Waals surface area (Å²) < 4.78 is 1.02. The second-order valence-electron chi connectivity index (χ2n) is 3.34. The van der Waals surface area contributed by atoms with Gasteiger partial charge in [-0.1, -0.05) is 36.0 Å². The molecule has 82 valence electrons. The van der Waals surface area contributed by atoms with E-state index in [9.17, 15) is 0 Å². The SMILES string of the molecule is OCc1ccc(Sc2ccccc2)c(Br)c1. The van der Waals surface area contributed by atoms with E-state index in [2.05, 4.69) is 28.1 Å². The summed E-state index contributed by atoms with van der Waals surface area (Å²) in [6.07, 6.45) is 0. The molecule has 3 heteroatoms. The van der Waals surface area contributed by atoms with Gasteiger partial charge in [0.1, 0.15) is 0 Å². The van der Waals surface area contributed by atoms with E-state index >= 15 is 0 Å². The topological polar surface area (TPSA) is 20.2 Å². The first-order valence-electron chi connectivity index (χ1n) is 4.92. The molecule has 0 heterocycles. The Morgan fingerprint density at radius 3 is 2.44 bits per heavy atom. The molecule has 0 radical (unpaired) electrons. The van der Waals surface area contributed by atoms with Gasteiger partial charge in [-0.15, -0.1) is 0 Å². The minimum atomic E-state index is 0.0783. The van der Waals surface area contributed by atoms with E-state index < -0.39 is 0 Å². The van der Waals surface area contributed by atoms with E-state index in [-0.39, 0.29) is 6.61 Å². The Morgan fingerprint density at radius 2 is 1.81 bits per heavy atom. The van der Waals surface area contributed by atoms with E-state index in [0.717, 1.165) is 14.9 Å². The fourth-order valence-corrected chi connectivity index (χ4v) is 2.85. The molecular weight excluding hydrogens is 284 g/mol. The van der Waals surface area contributed by atoms with Crippen LogP contribution in [-0.4, -0.2) is 5.11 Å². The van der Waals surface area contributed by atoms with Crippen molar-refractivity contribution in [1.82, 2.24) is 0 Å². The van der Waals surface area contributed by atoms with Crippen molar-refractivity contribution in [2.24, 2.45) is 0 Å². The van der Waals surface area contributed by atoms with Crippen LogP contribution in [0.5, 0.6) is 0 Å². The van der Waals surface area contributed by atoms with E-state index in [1.54, 1.807) is 11.8 Å². The maximum atomic E-state index is 9.02. The summed E-state index contributed by atoms with van der Waals surface area (Å²) in [5.41, 5.74) is 0.921. The Bertz CT molecular complexity index is 471. The predicted molar refractivity (Wildman–Crippen MR) is 70.6 cm³/mol. The average Bonchev–Trinajstić information content (AvgIpc) is 2.33. The number of aliphatic hydroxyl groups excluding tert-OH is 1. The van der Waals surface area contributed by atoms with Crippen LogP contribution in [0.3, 0.4) is 0 Å². The van der Waals surface area contributed by atoms with Crippen LogP contribution >= 0.6 is 27.7 Å². The smallest absolute Gasteiger partial charge is 0.0682 e. The Hall–Kier alpha value is -0.770. The van der Waals surface area contributed by atoms with Crippen LogP contribution in [0.4, 0.5) is 0 Å². The highest BCUT2D eigenvalue weighted by atomic mass is 79.9. The van der Waals surface area contributed by atoms with Gasteiger partial charge in [0.15, 0.2) is 0 Å². The zero-order valence-electron chi connectivity index (χ0n) is 8.56. The van der Waals surface area contributed by atoms with Crippen LogP contribution in [0.2, 0.25) is 0 Å². The van der Waals surface area contributed by atoms with Gasteiger partial charge in [-0.25, -0.2) is 0 Å². The van der Waals surface area contributed by atoms with Crippen molar-refractivity contribution in [3.63, 3.8) is 0 Å². The molecule has 0 amide bonds. The Labute approximate surface area is 108 Å². The molecule has 0 aromatic heterocycles. The number of hydrogen-bond acceptors (Lipinski definition) is 2. The normalized spacial score (nSPS) is 10.4. The van der Waals surface area contributed by atoms with Gasteiger partial charge in [-0.3, -0.25) is 0 Å². The highest BCUT2D eigenvalue weighted by molar-refractivity contribution is 9.10. The molecule has 0 spiro atoms. The van der Waals surface area contributed by atoms with Gasteiger partial charge in [-0.05, 0) is 45.8 Å². The van der Waals surface area contributed by atoms with Gasteiger partial charge in [0.2, 0.25) is 0 Å². The molecule has 0 aliphatic rings. The number of aliphatic hydroxyl groups is 1. The highest BCUT2D eigenvalue weighted by Gasteiger charge is 2.03. The average molecular weight is 295 g/mol. The lowest BCUT2D eigenvalue weighted by Gasteiger charge is -2.05. The van der Waals surface area contributed by atoms with Gasteiger partial charge in [0.25, 0.3) is 0 Å². The third-order valence-corrected chi connectivity index (χ3v) is 4.15. The molecule has 0 saturated heterocycles. The molecule has 16 heavy (non-hydrogen) atoms. The molecule has 0 saturated carbocycles. The lowest BCUT2D eigenvalue weighted by Crippen LogP contribution is -1.84. The largest absolute Gasteiger partial charge is 0.392 e. The van der Waals surface area contributed by atoms with Crippen molar-refractivity contribution in [2.75, 3.05) is 0 Å². The predicted octanol–water partition coefficient (Wildman–Crippen LogP) is 4.09. The van der Waals surface area contributed by atoms with E-state index in [4.69, 9.17) is 5.11 Å². The Balaban J connectivity index is 2.22. The van der Waals surface area contributed by atoms with Crippen molar-refractivity contribution >= 4 is 27.7 Å². The first kappa shape index (κ1) is 11.7. The van der Waals surface area contributed by atoms with E-state index in [0.29, 0.717) is 0 Å². The molecular formula is C13H11BrOS. The fourth-order valence-electron chi connectivity index (χ4n) is 1.34. The van der Waals surface area contributed by atoms with Crippen LogP contribution in [0.1, 0.15) is 5.56 Å². The lowest BCUT2D eigenvalue weighted by molar-refractivity contribution is 0.281. The maximum Gasteiger partial charge on any atom is 0.0682 e. The summed E-state index contributed by atoms with van der Waals surface area (Å²) in [5, 5.41) is 9.02. The fraction of sp³-hybridized carbons (Fsp3) is 0.0769. The molecule has 2 aromatic carbocycles. The summed E-state index contributed by atoms with van der Waals surface area (Å²) in [6.45, 7) is 0.0783. The first-order chi connectivity index (χ1) is 7.79. The van der Waals surface area contributed by atoms with Gasteiger partial charge >= 0.3 is 0 Å². The van der Waals surface area contributed by atoms with Crippen LogP contribution in [-0.2, 0) is 6.61 Å². The van der Waals surface area contributed by atoms with Gasteiger partial charge in [0, 0.05) is 14.3 Å². The van der Waals surface area contributed by atoms with Crippen LogP contribution in [0.25, 0.3) is 0 Å². The zero-order valence-corrected chi connectivity index (χ0v) is 11.0. The van der Waals surface area contributed by atoms with Gasteiger partial charge in [0.05, 0.1) is 6.61 Å². The molecule has 1 N–H and O–H groups in total. The van der Waals surface area contributed by atoms with Crippen molar-refractivity contribution < 1.29 is 5.11 Å². The Kier molecular flexibility index (Phi) is 4.04. The summed E-state index contributed by atoms with van der Waals surface area (Å²) in [5.74, 6) is 0. The van der Waals surface area contributed by atoms with E-state index in [1.807, 2.05) is 36.4 Å². The molecule has 0 aliphatic heterocycles. The van der Waals surface area contributed by atoms with Crippen LogP contribution in [0, 0.1) is 0 Å². The van der Waals surface area contributed by atoms with Crippen molar-refractivity contribution in [3.8, 4) is 0 Å². The lowest BCUT2D eigenvalue weighted by atomic mass is 10.2. The van der Waals surface area contributed by atoms with Crippen molar-refractivity contribution in [1.29, 1.82) is 0 Å². The number of rotatable bonds is 3. The number of halogens is 1. The molecule has 0 aliphatic carbocycles. The number of benzene rings is 2. The number of hydrogen-bond donors (Lipinski definition) is 1. The van der Waals surface area contributed by atoms with Crippen LogP contribution in [0.15, 0.2) is 62.8 Å². The quantitative estimate of drug-likeness (QED) is 0.920. The monoisotopic (exact) mass is 294 g/mol. The maximum absolute atomic E-state index is 9.02. The second-order valence-corrected chi connectivity index (χ2v) is 5.31. The third kappa shape index (κ3) is 2.88. The molecule has 2 aromatic rings.